The van der Waals surface area contributed by atoms with E-state index in [1.54, 1.807) is 12.1 Å². The molecule has 0 spiro atoms. The summed E-state index contributed by atoms with van der Waals surface area (Å²) in [7, 11) is 0. The molecule has 0 unspecified atom stereocenters. The van der Waals surface area contributed by atoms with Gasteiger partial charge in [-0.1, -0.05) is 18.5 Å². The number of benzene rings is 1. The van der Waals surface area contributed by atoms with Crippen LogP contribution in [-0.4, -0.2) is 5.11 Å². The number of nitrogens with zero attached hydrogens (tertiary/aromatic N) is 1. The van der Waals surface area contributed by atoms with E-state index in [0.29, 0.717) is 16.1 Å². The molecule has 3 heteroatoms. The summed E-state index contributed by atoms with van der Waals surface area (Å²) in [5.41, 5.74) is 2.08. The Balaban J connectivity index is 3.31. The second kappa shape index (κ2) is 4.27. The Hall–Kier alpha value is -1.04. The molecular weight excluding hydrogens is 186 g/mol. The number of rotatable bonds is 2. The summed E-state index contributed by atoms with van der Waals surface area (Å²) < 4.78 is 0. The summed E-state index contributed by atoms with van der Waals surface area (Å²) in [6, 6.07) is 5.43. The van der Waals surface area contributed by atoms with Crippen LogP contribution in [0.4, 0.5) is 0 Å². The third-order valence-electron chi connectivity index (χ3n) is 1.91. The SMILES string of the molecule is CCc1c(Cl)cc(CO)cc1C#N. The summed E-state index contributed by atoms with van der Waals surface area (Å²) in [5.74, 6) is 0. The zero-order valence-corrected chi connectivity index (χ0v) is 8.10. The van der Waals surface area contributed by atoms with E-state index in [4.69, 9.17) is 22.0 Å². The van der Waals surface area contributed by atoms with Crippen LogP contribution in [0.2, 0.25) is 5.02 Å². The summed E-state index contributed by atoms with van der Waals surface area (Å²) in [5, 5.41) is 18.2. The normalized spacial score (nSPS) is 9.69. The summed E-state index contributed by atoms with van der Waals surface area (Å²) in [6.45, 7) is 1.86. The molecule has 0 heterocycles. The fourth-order valence-corrected chi connectivity index (χ4v) is 1.62. The Labute approximate surface area is 82.4 Å². The van der Waals surface area contributed by atoms with Gasteiger partial charge in [-0.3, -0.25) is 0 Å². The number of nitriles is 1. The lowest BCUT2D eigenvalue weighted by molar-refractivity contribution is 0.282. The first kappa shape index (κ1) is 10.0. The molecule has 0 aliphatic carbocycles. The molecule has 0 aliphatic rings. The summed E-state index contributed by atoms with van der Waals surface area (Å²) >= 11 is 5.93. The van der Waals surface area contributed by atoms with E-state index < -0.39 is 0 Å². The molecule has 1 rings (SSSR count). The maximum atomic E-state index is 8.88. The Morgan fingerprint density at radius 2 is 2.23 bits per heavy atom. The molecule has 0 fully saturated rings. The van der Waals surface area contributed by atoms with Crippen molar-refractivity contribution in [3.05, 3.63) is 33.8 Å². The van der Waals surface area contributed by atoms with E-state index in [-0.39, 0.29) is 6.61 Å². The number of aliphatic hydroxyl groups is 1. The monoisotopic (exact) mass is 195 g/mol. The minimum atomic E-state index is -0.0849. The van der Waals surface area contributed by atoms with E-state index >= 15 is 0 Å². The highest BCUT2D eigenvalue weighted by Gasteiger charge is 2.06. The first-order valence-electron chi connectivity index (χ1n) is 4.05. The number of halogens is 1. The van der Waals surface area contributed by atoms with Crippen molar-refractivity contribution in [3.8, 4) is 6.07 Å². The van der Waals surface area contributed by atoms with Crippen molar-refractivity contribution < 1.29 is 5.11 Å². The molecule has 13 heavy (non-hydrogen) atoms. The number of aliphatic hydroxyl groups excluding tert-OH is 1. The molecule has 0 aliphatic heterocycles. The quantitative estimate of drug-likeness (QED) is 0.787. The fourth-order valence-electron chi connectivity index (χ4n) is 1.24. The van der Waals surface area contributed by atoms with Gasteiger partial charge in [0.15, 0.2) is 0 Å². The molecular formula is C10H10ClNO. The predicted octanol–water partition coefficient (Wildman–Crippen LogP) is 2.27. The second-order valence-corrected chi connectivity index (χ2v) is 3.13. The van der Waals surface area contributed by atoms with Crippen molar-refractivity contribution in [3.63, 3.8) is 0 Å². The van der Waals surface area contributed by atoms with Crippen LogP contribution in [-0.2, 0) is 13.0 Å². The van der Waals surface area contributed by atoms with Crippen LogP contribution in [0.15, 0.2) is 12.1 Å². The highest BCUT2D eigenvalue weighted by atomic mass is 35.5. The molecule has 0 saturated heterocycles. The van der Waals surface area contributed by atoms with E-state index in [1.165, 1.54) is 0 Å². The lowest BCUT2D eigenvalue weighted by Gasteiger charge is -2.05. The average Bonchev–Trinajstić information content (AvgIpc) is 2.16. The summed E-state index contributed by atoms with van der Waals surface area (Å²) in [6.07, 6.45) is 0.730. The topological polar surface area (TPSA) is 44.0 Å². The van der Waals surface area contributed by atoms with Crippen molar-refractivity contribution >= 4 is 11.6 Å². The van der Waals surface area contributed by atoms with Gasteiger partial charge in [0.05, 0.1) is 18.2 Å². The van der Waals surface area contributed by atoms with Gasteiger partial charge in [-0.2, -0.15) is 5.26 Å². The zero-order valence-electron chi connectivity index (χ0n) is 7.34. The molecule has 0 radical (unpaired) electrons. The highest BCUT2D eigenvalue weighted by Crippen LogP contribution is 2.22. The van der Waals surface area contributed by atoms with E-state index in [9.17, 15) is 0 Å². The van der Waals surface area contributed by atoms with Crippen molar-refractivity contribution in [1.82, 2.24) is 0 Å². The van der Waals surface area contributed by atoms with Crippen molar-refractivity contribution in [2.24, 2.45) is 0 Å². The van der Waals surface area contributed by atoms with Crippen molar-refractivity contribution in [2.75, 3.05) is 0 Å². The largest absolute Gasteiger partial charge is 0.392 e. The maximum absolute atomic E-state index is 8.88. The van der Waals surface area contributed by atoms with Crippen LogP contribution < -0.4 is 0 Å². The molecule has 0 atom stereocenters. The Kier molecular flexibility index (Phi) is 3.30. The molecule has 68 valence electrons. The Bertz CT molecular complexity index is 355. The molecule has 1 N–H and O–H groups in total. The number of hydrogen-bond acceptors (Lipinski definition) is 2. The summed E-state index contributed by atoms with van der Waals surface area (Å²) in [4.78, 5) is 0. The van der Waals surface area contributed by atoms with Gasteiger partial charge in [0, 0.05) is 5.02 Å². The van der Waals surface area contributed by atoms with Gasteiger partial charge < -0.3 is 5.11 Å². The third kappa shape index (κ3) is 2.00. The van der Waals surface area contributed by atoms with Gasteiger partial charge >= 0.3 is 0 Å². The smallest absolute Gasteiger partial charge is 0.0995 e. The number of hydrogen-bond donors (Lipinski definition) is 1. The van der Waals surface area contributed by atoms with Gasteiger partial charge in [-0.15, -0.1) is 0 Å². The minimum absolute atomic E-state index is 0.0849. The van der Waals surface area contributed by atoms with Crippen LogP contribution in [0, 0.1) is 11.3 Å². The van der Waals surface area contributed by atoms with Gasteiger partial charge in [0.2, 0.25) is 0 Å². The zero-order chi connectivity index (χ0) is 9.84. The molecule has 0 amide bonds. The molecule has 1 aromatic rings. The van der Waals surface area contributed by atoms with Crippen molar-refractivity contribution in [2.45, 2.75) is 20.0 Å². The van der Waals surface area contributed by atoms with Gasteiger partial charge in [0.1, 0.15) is 0 Å². The van der Waals surface area contributed by atoms with Crippen LogP contribution in [0.3, 0.4) is 0 Å². The minimum Gasteiger partial charge on any atom is -0.392 e. The second-order valence-electron chi connectivity index (χ2n) is 2.73. The molecule has 0 bridgehead atoms. The molecule has 0 aromatic heterocycles. The standard InChI is InChI=1S/C10H10ClNO/c1-2-9-8(5-12)3-7(6-13)4-10(9)11/h3-4,13H,2,6H2,1H3. The Morgan fingerprint density at radius 1 is 1.54 bits per heavy atom. The van der Waals surface area contributed by atoms with Crippen LogP contribution >= 0.6 is 11.6 Å². The van der Waals surface area contributed by atoms with Crippen molar-refractivity contribution in [1.29, 1.82) is 5.26 Å². The van der Waals surface area contributed by atoms with Gasteiger partial charge in [-0.25, -0.2) is 0 Å². The molecule has 2 nitrogen and oxygen atoms in total. The van der Waals surface area contributed by atoms with Crippen LogP contribution in [0.5, 0.6) is 0 Å². The van der Waals surface area contributed by atoms with E-state index in [1.807, 2.05) is 6.92 Å². The molecule has 0 saturated carbocycles. The first-order valence-corrected chi connectivity index (χ1v) is 4.43. The van der Waals surface area contributed by atoms with Crippen LogP contribution in [0.1, 0.15) is 23.6 Å². The third-order valence-corrected chi connectivity index (χ3v) is 2.25. The molecule has 1 aromatic carbocycles. The fraction of sp³-hybridized carbons (Fsp3) is 0.300. The van der Waals surface area contributed by atoms with Gasteiger partial charge in [0.25, 0.3) is 0 Å². The van der Waals surface area contributed by atoms with E-state index in [2.05, 4.69) is 6.07 Å². The van der Waals surface area contributed by atoms with Crippen LogP contribution in [0.25, 0.3) is 0 Å². The lowest BCUT2D eigenvalue weighted by atomic mass is 10.0. The predicted molar refractivity (Wildman–Crippen MR) is 51.5 cm³/mol. The lowest BCUT2D eigenvalue weighted by Crippen LogP contribution is -1.93. The first-order chi connectivity index (χ1) is 6.22. The maximum Gasteiger partial charge on any atom is 0.0995 e. The highest BCUT2D eigenvalue weighted by molar-refractivity contribution is 6.31. The van der Waals surface area contributed by atoms with E-state index in [0.717, 1.165) is 12.0 Å². The average molecular weight is 196 g/mol. The Morgan fingerprint density at radius 3 is 2.69 bits per heavy atom. The van der Waals surface area contributed by atoms with Gasteiger partial charge in [-0.05, 0) is 29.7 Å².